The number of rotatable bonds is 2. The Bertz CT molecular complexity index is 574. The molecule has 0 bridgehead atoms. The van der Waals surface area contributed by atoms with Gasteiger partial charge in [-0.1, -0.05) is 39.0 Å². The van der Waals surface area contributed by atoms with Crippen molar-refractivity contribution in [1.29, 1.82) is 0 Å². The molecule has 5 nitrogen and oxygen atoms in total. The molecule has 132 valence electrons. The smallest absolute Gasteiger partial charge is 0.317 e. The summed E-state index contributed by atoms with van der Waals surface area (Å²) >= 11 is 0. The maximum Gasteiger partial charge on any atom is 0.317 e. The van der Waals surface area contributed by atoms with E-state index in [0.717, 1.165) is 45.0 Å². The summed E-state index contributed by atoms with van der Waals surface area (Å²) in [5.74, 6) is 1.01. The maximum atomic E-state index is 12.3. The van der Waals surface area contributed by atoms with Crippen molar-refractivity contribution in [3.05, 3.63) is 29.8 Å². The third-order valence-electron chi connectivity index (χ3n) is 4.74. The second kappa shape index (κ2) is 7.01. The van der Waals surface area contributed by atoms with Gasteiger partial charge in [0, 0.05) is 50.7 Å². The molecule has 24 heavy (non-hydrogen) atoms. The molecular formula is C19H29N3O2. The quantitative estimate of drug-likeness (QED) is 0.906. The number of urea groups is 1. The summed E-state index contributed by atoms with van der Waals surface area (Å²) in [6.45, 7) is 11.3. The van der Waals surface area contributed by atoms with Gasteiger partial charge in [-0.2, -0.15) is 0 Å². The first kappa shape index (κ1) is 17.1. The van der Waals surface area contributed by atoms with E-state index in [1.807, 2.05) is 11.0 Å². The molecule has 1 fully saturated rings. The van der Waals surface area contributed by atoms with Crippen LogP contribution in [0.25, 0.3) is 0 Å². The first-order valence-corrected chi connectivity index (χ1v) is 8.93. The molecule has 2 aliphatic rings. The molecule has 0 spiro atoms. The van der Waals surface area contributed by atoms with Crippen molar-refractivity contribution in [2.24, 2.45) is 5.41 Å². The van der Waals surface area contributed by atoms with Gasteiger partial charge in [-0.15, -0.1) is 0 Å². The number of ether oxygens (including phenoxy) is 1. The lowest BCUT2D eigenvalue weighted by atomic mass is 9.97. The predicted octanol–water partition coefficient (Wildman–Crippen LogP) is 2.88. The van der Waals surface area contributed by atoms with Crippen LogP contribution in [0.5, 0.6) is 5.75 Å². The maximum absolute atomic E-state index is 12.3. The molecule has 1 unspecified atom stereocenters. The summed E-state index contributed by atoms with van der Waals surface area (Å²) in [5, 5.41) is 3.05. The number of amides is 2. The number of nitrogens with one attached hydrogen (secondary N) is 1. The topological polar surface area (TPSA) is 44.8 Å². The van der Waals surface area contributed by atoms with Gasteiger partial charge in [-0.25, -0.2) is 4.79 Å². The van der Waals surface area contributed by atoms with Gasteiger partial charge >= 0.3 is 6.03 Å². The number of benzene rings is 1. The van der Waals surface area contributed by atoms with Gasteiger partial charge in [0.25, 0.3) is 0 Å². The summed E-state index contributed by atoms with van der Waals surface area (Å²) in [6.07, 6.45) is 1.02. The minimum absolute atomic E-state index is 0.0666. The second-order valence-electron chi connectivity index (χ2n) is 7.93. The highest BCUT2D eigenvalue weighted by molar-refractivity contribution is 5.74. The molecule has 2 amide bonds. The molecule has 1 saturated heterocycles. The number of piperazine rings is 1. The van der Waals surface area contributed by atoms with E-state index in [1.165, 1.54) is 5.56 Å². The molecule has 2 heterocycles. The van der Waals surface area contributed by atoms with Gasteiger partial charge in [0.1, 0.15) is 5.75 Å². The molecule has 3 rings (SSSR count). The van der Waals surface area contributed by atoms with Crippen LogP contribution in [-0.4, -0.2) is 55.2 Å². The Morgan fingerprint density at radius 3 is 2.62 bits per heavy atom. The molecule has 0 aliphatic carbocycles. The number of carbonyl (C=O) groups is 1. The fraction of sp³-hybridized carbons (Fsp3) is 0.632. The first-order valence-electron chi connectivity index (χ1n) is 8.93. The van der Waals surface area contributed by atoms with Crippen LogP contribution >= 0.6 is 0 Å². The Morgan fingerprint density at radius 2 is 1.92 bits per heavy atom. The number of nitrogens with zero attached hydrogens (tertiary/aromatic N) is 2. The fourth-order valence-corrected chi connectivity index (χ4v) is 3.39. The lowest BCUT2D eigenvalue weighted by Gasteiger charge is -2.41. The molecule has 5 heteroatoms. The SMILES string of the molecule is CC(C)(C)CNC(=O)N1CCN(C2CCOc3ccccc32)CC1. The molecule has 1 aromatic rings. The highest BCUT2D eigenvalue weighted by atomic mass is 16.5. The van der Waals surface area contributed by atoms with Crippen molar-refractivity contribution in [3.63, 3.8) is 0 Å². The van der Waals surface area contributed by atoms with Crippen molar-refractivity contribution >= 4 is 6.03 Å². The zero-order chi connectivity index (χ0) is 17.2. The third-order valence-corrected chi connectivity index (χ3v) is 4.74. The molecule has 2 aliphatic heterocycles. The third kappa shape index (κ3) is 4.01. The van der Waals surface area contributed by atoms with Crippen LogP contribution in [0.15, 0.2) is 24.3 Å². The summed E-state index contributed by atoms with van der Waals surface area (Å²) in [5.41, 5.74) is 1.40. The van der Waals surface area contributed by atoms with Crippen LogP contribution in [-0.2, 0) is 0 Å². The standard InChI is InChI=1S/C19H29N3O2/c1-19(2,3)14-20-18(23)22-11-9-21(10-12-22)16-8-13-24-17-7-5-4-6-15(16)17/h4-7,16H,8-14H2,1-3H3,(H,20,23). The summed E-state index contributed by atoms with van der Waals surface area (Å²) < 4.78 is 5.77. The zero-order valence-corrected chi connectivity index (χ0v) is 15.0. The summed E-state index contributed by atoms with van der Waals surface area (Å²) in [7, 11) is 0. The number of hydrogen-bond donors (Lipinski definition) is 1. The summed E-state index contributed by atoms with van der Waals surface area (Å²) in [4.78, 5) is 16.7. The average Bonchev–Trinajstić information content (AvgIpc) is 2.59. The Hall–Kier alpha value is -1.75. The second-order valence-corrected chi connectivity index (χ2v) is 7.93. The van der Waals surface area contributed by atoms with Gasteiger partial charge in [-0.05, 0) is 11.5 Å². The Morgan fingerprint density at radius 1 is 1.21 bits per heavy atom. The van der Waals surface area contributed by atoms with E-state index in [9.17, 15) is 4.79 Å². The Kier molecular flexibility index (Phi) is 4.99. The highest BCUT2D eigenvalue weighted by Crippen LogP contribution is 2.36. The van der Waals surface area contributed by atoms with Gasteiger partial charge in [0.2, 0.25) is 0 Å². The Balaban J connectivity index is 1.55. The molecule has 0 radical (unpaired) electrons. The van der Waals surface area contributed by atoms with Crippen molar-refractivity contribution in [1.82, 2.24) is 15.1 Å². The van der Waals surface area contributed by atoms with E-state index in [2.05, 4.69) is 49.2 Å². The lowest BCUT2D eigenvalue weighted by molar-refractivity contribution is 0.0848. The van der Waals surface area contributed by atoms with Crippen molar-refractivity contribution in [2.75, 3.05) is 39.3 Å². The van der Waals surface area contributed by atoms with Gasteiger partial charge in [-0.3, -0.25) is 4.90 Å². The summed E-state index contributed by atoms with van der Waals surface area (Å²) in [6, 6.07) is 8.81. The molecule has 1 atom stereocenters. The van der Waals surface area contributed by atoms with Crippen molar-refractivity contribution in [2.45, 2.75) is 33.2 Å². The van der Waals surface area contributed by atoms with Gasteiger partial charge in [0.15, 0.2) is 0 Å². The number of hydrogen-bond acceptors (Lipinski definition) is 3. The molecule has 1 N–H and O–H groups in total. The lowest BCUT2D eigenvalue weighted by Crippen LogP contribution is -2.53. The minimum Gasteiger partial charge on any atom is -0.493 e. The average molecular weight is 331 g/mol. The van der Waals surface area contributed by atoms with Crippen LogP contribution in [0, 0.1) is 5.41 Å². The molecule has 0 saturated carbocycles. The zero-order valence-electron chi connectivity index (χ0n) is 15.0. The number of para-hydroxylation sites is 1. The van der Waals surface area contributed by atoms with Crippen molar-refractivity contribution < 1.29 is 9.53 Å². The van der Waals surface area contributed by atoms with E-state index in [4.69, 9.17) is 4.74 Å². The van der Waals surface area contributed by atoms with Crippen molar-refractivity contribution in [3.8, 4) is 5.75 Å². The largest absolute Gasteiger partial charge is 0.493 e. The molecular weight excluding hydrogens is 302 g/mol. The van der Waals surface area contributed by atoms with E-state index in [-0.39, 0.29) is 11.4 Å². The molecule has 1 aromatic carbocycles. The highest BCUT2D eigenvalue weighted by Gasteiger charge is 2.30. The van der Waals surface area contributed by atoms with E-state index in [0.29, 0.717) is 12.6 Å². The van der Waals surface area contributed by atoms with E-state index in [1.54, 1.807) is 0 Å². The van der Waals surface area contributed by atoms with Crippen LogP contribution in [0.3, 0.4) is 0 Å². The Labute approximate surface area is 145 Å². The van der Waals surface area contributed by atoms with Crippen LogP contribution < -0.4 is 10.1 Å². The fourth-order valence-electron chi connectivity index (χ4n) is 3.39. The van der Waals surface area contributed by atoms with Crippen LogP contribution in [0.1, 0.15) is 38.8 Å². The predicted molar refractivity (Wildman–Crippen MR) is 95.3 cm³/mol. The van der Waals surface area contributed by atoms with Crippen LogP contribution in [0.4, 0.5) is 4.79 Å². The number of fused-ring (bicyclic) bond motifs is 1. The van der Waals surface area contributed by atoms with E-state index >= 15 is 0 Å². The first-order chi connectivity index (χ1) is 11.4. The van der Waals surface area contributed by atoms with Crippen LogP contribution in [0.2, 0.25) is 0 Å². The van der Waals surface area contributed by atoms with Gasteiger partial charge in [0.05, 0.1) is 6.61 Å². The monoisotopic (exact) mass is 331 g/mol. The molecule has 0 aromatic heterocycles. The van der Waals surface area contributed by atoms with E-state index < -0.39 is 0 Å². The minimum atomic E-state index is 0.0666. The normalized spacial score (nSPS) is 21.8. The number of carbonyl (C=O) groups excluding carboxylic acids is 1. The van der Waals surface area contributed by atoms with Gasteiger partial charge < -0.3 is 15.0 Å².